The number of carbonyl (C=O) groups is 2. The molecule has 0 aromatic rings. The van der Waals surface area contributed by atoms with Gasteiger partial charge in [0.2, 0.25) is 5.91 Å². The molecule has 0 spiro atoms. The molecule has 2 N–H and O–H groups in total. The Kier molecular flexibility index (Phi) is 6.80. The van der Waals surface area contributed by atoms with Crippen molar-refractivity contribution < 1.29 is 14.3 Å². The number of piperazine rings is 1. The van der Waals surface area contributed by atoms with Crippen molar-refractivity contribution in [1.29, 1.82) is 0 Å². The summed E-state index contributed by atoms with van der Waals surface area (Å²) in [6, 6.07) is 0. The first-order chi connectivity index (χ1) is 9.06. The van der Waals surface area contributed by atoms with Gasteiger partial charge < -0.3 is 15.4 Å². The quantitative estimate of drug-likeness (QED) is 0.670. The van der Waals surface area contributed by atoms with Crippen molar-refractivity contribution in [1.82, 2.24) is 9.80 Å². The average molecular weight is 271 g/mol. The lowest BCUT2D eigenvalue weighted by Gasteiger charge is -2.34. The molecule has 1 heterocycles. The Bertz CT molecular complexity index is 302. The maximum absolute atomic E-state index is 12.0. The number of rotatable bonds is 6. The van der Waals surface area contributed by atoms with Crippen LogP contribution >= 0.6 is 0 Å². The smallest absolute Gasteiger partial charge is 0.319 e. The fourth-order valence-corrected chi connectivity index (χ4v) is 2.05. The highest BCUT2D eigenvalue weighted by atomic mass is 16.5. The zero-order valence-corrected chi connectivity index (χ0v) is 11.9. The van der Waals surface area contributed by atoms with Crippen molar-refractivity contribution >= 4 is 11.9 Å². The predicted molar refractivity (Wildman–Crippen MR) is 72.5 cm³/mol. The molecule has 1 atom stereocenters. The van der Waals surface area contributed by atoms with Crippen LogP contribution in [0.3, 0.4) is 0 Å². The van der Waals surface area contributed by atoms with Gasteiger partial charge in [0.1, 0.15) is 0 Å². The lowest BCUT2D eigenvalue weighted by Crippen LogP contribution is -2.50. The van der Waals surface area contributed by atoms with E-state index in [0.29, 0.717) is 38.5 Å². The zero-order valence-electron chi connectivity index (χ0n) is 11.9. The number of ether oxygens (including phenoxy) is 1. The molecule has 0 aromatic heterocycles. The molecule has 1 saturated heterocycles. The van der Waals surface area contributed by atoms with Crippen LogP contribution in [-0.4, -0.2) is 68.1 Å². The minimum Gasteiger partial charge on any atom is -0.468 e. The van der Waals surface area contributed by atoms with E-state index < -0.39 is 0 Å². The standard InChI is InChI=1S/C13H25N3O3/c1-11(9-14)3-4-12(17)16-7-5-15(6-8-16)10-13(18)19-2/h11H,3-10,14H2,1-2H3. The highest BCUT2D eigenvalue weighted by molar-refractivity contribution is 5.76. The Morgan fingerprint density at radius 2 is 1.89 bits per heavy atom. The van der Waals surface area contributed by atoms with Crippen LogP contribution in [0, 0.1) is 5.92 Å². The van der Waals surface area contributed by atoms with Crippen LogP contribution in [0.25, 0.3) is 0 Å². The molecule has 0 radical (unpaired) electrons. The molecule has 0 saturated carbocycles. The number of methoxy groups -OCH3 is 1. The maximum Gasteiger partial charge on any atom is 0.319 e. The van der Waals surface area contributed by atoms with E-state index in [0.717, 1.165) is 19.5 Å². The summed E-state index contributed by atoms with van der Waals surface area (Å²) >= 11 is 0. The van der Waals surface area contributed by atoms with E-state index in [-0.39, 0.29) is 11.9 Å². The van der Waals surface area contributed by atoms with Crippen LogP contribution < -0.4 is 5.73 Å². The van der Waals surface area contributed by atoms with Crippen LogP contribution in [-0.2, 0) is 14.3 Å². The van der Waals surface area contributed by atoms with Crippen molar-refractivity contribution in [2.45, 2.75) is 19.8 Å². The normalized spacial score (nSPS) is 18.2. The number of carbonyl (C=O) groups excluding carboxylic acids is 2. The molecular weight excluding hydrogens is 246 g/mol. The van der Waals surface area contributed by atoms with Gasteiger partial charge in [-0.15, -0.1) is 0 Å². The Hall–Kier alpha value is -1.14. The molecule has 0 bridgehead atoms. The molecule has 6 heteroatoms. The van der Waals surface area contributed by atoms with Gasteiger partial charge in [-0.25, -0.2) is 0 Å². The third-order valence-corrected chi connectivity index (χ3v) is 3.56. The number of nitrogens with two attached hydrogens (primary N) is 1. The van der Waals surface area contributed by atoms with Crippen LogP contribution in [0.5, 0.6) is 0 Å². The van der Waals surface area contributed by atoms with E-state index >= 15 is 0 Å². The molecule has 0 aromatic carbocycles. The van der Waals surface area contributed by atoms with Crippen LogP contribution in [0.4, 0.5) is 0 Å². The van der Waals surface area contributed by atoms with Gasteiger partial charge in [0.05, 0.1) is 13.7 Å². The highest BCUT2D eigenvalue weighted by Gasteiger charge is 2.22. The summed E-state index contributed by atoms with van der Waals surface area (Å²) in [6.07, 6.45) is 1.41. The summed E-state index contributed by atoms with van der Waals surface area (Å²) in [7, 11) is 1.39. The fraction of sp³-hybridized carbons (Fsp3) is 0.846. The molecule has 1 amide bonds. The van der Waals surface area contributed by atoms with Gasteiger partial charge in [0.15, 0.2) is 0 Å². The Balaban J connectivity index is 2.25. The Labute approximate surface area is 114 Å². The van der Waals surface area contributed by atoms with Gasteiger partial charge in [0.25, 0.3) is 0 Å². The number of hydrogen-bond donors (Lipinski definition) is 1. The first kappa shape index (κ1) is 15.9. The lowest BCUT2D eigenvalue weighted by atomic mass is 10.1. The number of esters is 1. The van der Waals surface area contributed by atoms with Crippen LogP contribution in [0.15, 0.2) is 0 Å². The summed E-state index contributed by atoms with van der Waals surface area (Å²) in [6.45, 7) is 5.82. The van der Waals surface area contributed by atoms with E-state index in [2.05, 4.69) is 11.7 Å². The van der Waals surface area contributed by atoms with Crippen molar-refractivity contribution in [3.63, 3.8) is 0 Å². The van der Waals surface area contributed by atoms with E-state index in [9.17, 15) is 9.59 Å². The first-order valence-corrected chi connectivity index (χ1v) is 6.83. The molecule has 110 valence electrons. The predicted octanol–water partition coefficient (Wildman–Crippen LogP) is -0.321. The number of hydrogen-bond acceptors (Lipinski definition) is 5. The molecule has 19 heavy (non-hydrogen) atoms. The highest BCUT2D eigenvalue weighted by Crippen LogP contribution is 2.09. The second-order valence-electron chi connectivity index (χ2n) is 5.11. The largest absolute Gasteiger partial charge is 0.468 e. The molecule has 1 aliphatic rings. The number of amides is 1. The number of nitrogens with zero attached hydrogens (tertiary/aromatic N) is 2. The van der Waals surface area contributed by atoms with Crippen molar-refractivity contribution in [2.75, 3.05) is 46.4 Å². The van der Waals surface area contributed by atoms with E-state index in [1.165, 1.54) is 7.11 Å². The monoisotopic (exact) mass is 271 g/mol. The molecule has 1 aliphatic heterocycles. The second kappa shape index (κ2) is 8.12. The van der Waals surface area contributed by atoms with E-state index in [1.54, 1.807) is 0 Å². The van der Waals surface area contributed by atoms with E-state index in [4.69, 9.17) is 5.73 Å². The Morgan fingerprint density at radius 1 is 1.26 bits per heavy atom. The molecular formula is C13H25N3O3. The van der Waals surface area contributed by atoms with Crippen LogP contribution in [0.2, 0.25) is 0 Å². The van der Waals surface area contributed by atoms with Crippen molar-refractivity contribution in [3.05, 3.63) is 0 Å². The third-order valence-electron chi connectivity index (χ3n) is 3.56. The minimum atomic E-state index is -0.225. The maximum atomic E-state index is 12.0. The van der Waals surface area contributed by atoms with Gasteiger partial charge in [-0.2, -0.15) is 0 Å². The first-order valence-electron chi connectivity index (χ1n) is 6.83. The van der Waals surface area contributed by atoms with E-state index in [1.807, 2.05) is 9.80 Å². The summed E-state index contributed by atoms with van der Waals surface area (Å²) in [4.78, 5) is 27.0. The minimum absolute atomic E-state index is 0.193. The summed E-state index contributed by atoms with van der Waals surface area (Å²) in [5, 5.41) is 0. The summed E-state index contributed by atoms with van der Waals surface area (Å²) in [5.41, 5.74) is 5.54. The molecule has 1 rings (SSSR count). The summed E-state index contributed by atoms with van der Waals surface area (Å²) in [5.74, 6) is 0.360. The van der Waals surface area contributed by atoms with Gasteiger partial charge in [0, 0.05) is 32.6 Å². The third kappa shape index (κ3) is 5.57. The molecule has 6 nitrogen and oxygen atoms in total. The second-order valence-corrected chi connectivity index (χ2v) is 5.11. The molecule has 1 fully saturated rings. The molecule has 0 aliphatic carbocycles. The van der Waals surface area contributed by atoms with Crippen molar-refractivity contribution in [3.8, 4) is 0 Å². The van der Waals surface area contributed by atoms with Crippen molar-refractivity contribution in [2.24, 2.45) is 11.7 Å². The molecule has 1 unspecified atom stereocenters. The van der Waals surface area contributed by atoms with Crippen LogP contribution in [0.1, 0.15) is 19.8 Å². The fourth-order valence-electron chi connectivity index (χ4n) is 2.05. The van der Waals surface area contributed by atoms with Gasteiger partial charge in [-0.3, -0.25) is 14.5 Å². The Morgan fingerprint density at radius 3 is 2.42 bits per heavy atom. The van der Waals surface area contributed by atoms with Gasteiger partial charge in [-0.1, -0.05) is 6.92 Å². The lowest BCUT2D eigenvalue weighted by molar-refractivity contribution is -0.142. The SMILES string of the molecule is COC(=O)CN1CCN(C(=O)CCC(C)CN)CC1. The zero-order chi connectivity index (χ0) is 14.3. The van der Waals surface area contributed by atoms with Gasteiger partial charge in [-0.05, 0) is 18.9 Å². The van der Waals surface area contributed by atoms with Gasteiger partial charge >= 0.3 is 5.97 Å². The summed E-state index contributed by atoms with van der Waals surface area (Å²) < 4.78 is 4.63. The average Bonchev–Trinajstić information content (AvgIpc) is 2.44. The topological polar surface area (TPSA) is 75.9 Å².